The molecule has 1 N–H and O–H groups in total. The molecule has 0 aliphatic heterocycles. The van der Waals surface area contributed by atoms with Gasteiger partial charge in [-0.05, 0) is 54.8 Å². The van der Waals surface area contributed by atoms with Crippen molar-refractivity contribution in [2.24, 2.45) is 0 Å². The second kappa shape index (κ2) is 11.6. The summed E-state index contributed by atoms with van der Waals surface area (Å²) >= 11 is 15.7. The average Bonchev–Trinajstić information content (AvgIpc) is 2.74. The lowest BCUT2D eigenvalue weighted by molar-refractivity contribution is -0.140. The van der Waals surface area contributed by atoms with Gasteiger partial charge in [-0.3, -0.25) is 13.9 Å². The Hall–Kier alpha value is -1.81. The van der Waals surface area contributed by atoms with Crippen molar-refractivity contribution in [1.29, 1.82) is 0 Å². The van der Waals surface area contributed by atoms with Crippen molar-refractivity contribution in [2.45, 2.75) is 32.9 Å². The summed E-state index contributed by atoms with van der Waals surface area (Å²) in [6.07, 6.45) is 1.36. The molecule has 0 aromatic heterocycles. The Morgan fingerprint density at radius 3 is 2.33 bits per heavy atom. The molecule has 0 bridgehead atoms. The van der Waals surface area contributed by atoms with Crippen LogP contribution in [0, 0.1) is 6.92 Å². The highest BCUT2D eigenvalue weighted by atomic mass is 79.9. The molecular weight excluding hydrogens is 553 g/mol. The number of anilines is 1. The van der Waals surface area contributed by atoms with Crippen LogP contribution in [0.4, 0.5) is 5.69 Å². The van der Waals surface area contributed by atoms with E-state index >= 15 is 0 Å². The van der Waals surface area contributed by atoms with Gasteiger partial charge in [0.2, 0.25) is 21.8 Å². The number of sulfonamides is 1. The van der Waals surface area contributed by atoms with Gasteiger partial charge in [0, 0.05) is 28.1 Å². The van der Waals surface area contributed by atoms with Crippen LogP contribution < -0.4 is 9.62 Å². The Bertz CT molecular complexity index is 1140. The Kier molecular flexibility index (Phi) is 9.60. The molecule has 180 valence electrons. The number of hydrogen-bond acceptors (Lipinski definition) is 4. The predicted octanol–water partition coefficient (Wildman–Crippen LogP) is 4.38. The summed E-state index contributed by atoms with van der Waals surface area (Å²) in [7, 11) is -2.31. The SMILES string of the molecule is CCC(C(=O)NC)N(Cc1ccc(Cl)cc1Cl)C(=O)CN(c1ccc(Br)c(C)c1)S(C)(=O)=O. The topological polar surface area (TPSA) is 86.8 Å². The monoisotopic (exact) mass is 577 g/mol. The molecule has 0 aliphatic carbocycles. The molecule has 0 heterocycles. The summed E-state index contributed by atoms with van der Waals surface area (Å²) in [5.41, 5.74) is 1.75. The van der Waals surface area contributed by atoms with Crippen LogP contribution in [0.3, 0.4) is 0 Å². The van der Waals surface area contributed by atoms with Gasteiger partial charge < -0.3 is 10.2 Å². The maximum absolute atomic E-state index is 13.5. The normalized spacial score (nSPS) is 12.2. The molecule has 2 aromatic carbocycles. The Balaban J connectivity index is 2.48. The fourth-order valence-corrected chi connectivity index (χ4v) is 4.87. The Morgan fingerprint density at radius 2 is 1.82 bits per heavy atom. The van der Waals surface area contributed by atoms with Crippen LogP contribution in [-0.4, -0.2) is 51.0 Å². The van der Waals surface area contributed by atoms with Gasteiger partial charge in [0.05, 0.1) is 11.9 Å². The van der Waals surface area contributed by atoms with E-state index in [9.17, 15) is 18.0 Å². The first-order chi connectivity index (χ1) is 15.4. The van der Waals surface area contributed by atoms with Gasteiger partial charge in [-0.15, -0.1) is 0 Å². The van der Waals surface area contributed by atoms with Crippen molar-refractivity contribution in [1.82, 2.24) is 10.2 Å². The molecule has 11 heteroatoms. The number of nitrogens with zero attached hydrogens (tertiary/aromatic N) is 2. The molecule has 0 saturated carbocycles. The number of aryl methyl sites for hydroxylation is 1. The van der Waals surface area contributed by atoms with Gasteiger partial charge in [-0.1, -0.05) is 52.1 Å². The quantitative estimate of drug-likeness (QED) is 0.478. The van der Waals surface area contributed by atoms with Crippen molar-refractivity contribution in [3.63, 3.8) is 0 Å². The highest BCUT2D eigenvalue weighted by Crippen LogP contribution is 2.26. The number of nitrogens with one attached hydrogen (secondary N) is 1. The van der Waals surface area contributed by atoms with Crippen molar-refractivity contribution >= 4 is 66.7 Å². The molecule has 1 atom stereocenters. The molecule has 2 rings (SSSR count). The van der Waals surface area contributed by atoms with Gasteiger partial charge in [-0.25, -0.2) is 8.42 Å². The minimum absolute atomic E-state index is 0.0116. The molecule has 7 nitrogen and oxygen atoms in total. The third kappa shape index (κ3) is 7.09. The molecule has 33 heavy (non-hydrogen) atoms. The lowest BCUT2D eigenvalue weighted by Crippen LogP contribution is -2.51. The number of halogens is 3. The molecular formula is C22H26BrCl2N3O4S. The van der Waals surface area contributed by atoms with Crippen molar-refractivity contribution in [2.75, 3.05) is 24.2 Å². The summed E-state index contributed by atoms with van der Waals surface area (Å²) < 4.78 is 27.0. The van der Waals surface area contributed by atoms with E-state index in [0.29, 0.717) is 27.7 Å². The van der Waals surface area contributed by atoms with E-state index in [-0.39, 0.29) is 12.5 Å². The zero-order valence-corrected chi connectivity index (χ0v) is 22.6. The Labute approximate surface area is 213 Å². The number of rotatable bonds is 9. The zero-order chi connectivity index (χ0) is 24.9. The van der Waals surface area contributed by atoms with Crippen LogP contribution in [0.2, 0.25) is 10.0 Å². The van der Waals surface area contributed by atoms with Crippen molar-refractivity contribution in [3.8, 4) is 0 Å². The molecule has 0 fully saturated rings. The predicted molar refractivity (Wildman–Crippen MR) is 136 cm³/mol. The van der Waals surface area contributed by atoms with Gasteiger partial charge in [0.1, 0.15) is 12.6 Å². The van der Waals surface area contributed by atoms with Gasteiger partial charge in [0.15, 0.2) is 0 Å². The Morgan fingerprint density at radius 1 is 1.15 bits per heavy atom. The first-order valence-corrected chi connectivity index (χ1v) is 13.5. The summed E-state index contributed by atoms with van der Waals surface area (Å²) in [5, 5.41) is 3.35. The number of amides is 2. The maximum Gasteiger partial charge on any atom is 0.244 e. The van der Waals surface area contributed by atoms with Gasteiger partial charge >= 0.3 is 0 Å². The fourth-order valence-electron chi connectivity index (χ4n) is 3.32. The van der Waals surface area contributed by atoms with E-state index in [4.69, 9.17) is 23.2 Å². The van der Waals surface area contributed by atoms with E-state index in [1.807, 2.05) is 6.92 Å². The third-order valence-electron chi connectivity index (χ3n) is 5.10. The summed E-state index contributed by atoms with van der Waals surface area (Å²) in [6.45, 7) is 3.13. The third-order valence-corrected chi connectivity index (χ3v) is 7.71. The first kappa shape index (κ1) is 27.4. The summed E-state index contributed by atoms with van der Waals surface area (Å²) in [6, 6.07) is 9.06. The molecule has 0 spiro atoms. The fraction of sp³-hybridized carbons (Fsp3) is 0.364. The summed E-state index contributed by atoms with van der Waals surface area (Å²) in [5.74, 6) is -0.899. The van der Waals surface area contributed by atoms with Gasteiger partial charge in [0.25, 0.3) is 0 Å². The van der Waals surface area contributed by atoms with Crippen LogP contribution in [0.5, 0.6) is 0 Å². The van der Waals surface area contributed by atoms with E-state index in [2.05, 4.69) is 21.2 Å². The second-order valence-electron chi connectivity index (χ2n) is 7.50. The minimum Gasteiger partial charge on any atom is -0.357 e. The zero-order valence-electron chi connectivity index (χ0n) is 18.7. The van der Waals surface area contributed by atoms with Crippen LogP contribution in [-0.2, 0) is 26.2 Å². The molecule has 1 unspecified atom stereocenters. The van der Waals surface area contributed by atoms with E-state index in [1.54, 1.807) is 43.3 Å². The molecule has 2 aromatic rings. The first-order valence-electron chi connectivity index (χ1n) is 10.1. The number of hydrogen-bond donors (Lipinski definition) is 1. The molecule has 0 radical (unpaired) electrons. The van der Waals surface area contributed by atoms with E-state index in [1.165, 1.54) is 11.9 Å². The highest BCUT2D eigenvalue weighted by Gasteiger charge is 2.31. The lowest BCUT2D eigenvalue weighted by atomic mass is 10.1. The summed E-state index contributed by atoms with van der Waals surface area (Å²) in [4.78, 5) is 27.4. The maximum atomic E-state index is 13.5. The molecule has 0 saturated heterocycles. The number of likely N-dealkylation sites (N-methyl/N-ethyl adjacent to an activating group) is 1. The van der Waals surface area contributed by atoms with Crippen LogP contribution >= 0.6 is 39.1 Å². The lowest BCUT2D eigenvalue weighted by Gasteiger charge is -2.32. The standard InChI is InChI=1S/C22H26BrCl2N3O4S/c1-5-20(22(30)26-3)27(12-15-6-7-16(24)11-19(15)25)21(29)13-28(33(4,31)32)17-8-9-18(23)14(2)10-17/h6-11,20H,5,12-13H2,1-4H3,(H,26,30). The van der Waals surface area contributed by atoms with Crippen LogP contribution in [0.1, 0.15) is 24.5 Å². The van der Waals surface area contributed by atoms with Crippen LogP contribution in [0.15, 0.2) is 40.9 Å². The second-order valence-corrected chi connectivity index (χ2v) is 11.1. The van der Waals surface area contributed by atoms with Crippen molar-refractivity contribution < 1.29 is 18.0 Å². The van der Waals surface area contributed by atoms with E-state index < -0.39 is 28.5 Å². The van der Waals surface area contributed by atoms with Gasteiger partial charge in [-0.2, -0.15) is 0 Å². The number of carbonyl (C=O) groups is 2. The van der Waals surface area contributed by atoms with Crippen molar-refractivity contribution in [3.05, 3.63) is 62.0 Å². The highest BCUT2D eigenvalue weighted by molar-refractivity contribution is 9.10. The molecule has 0 aliphatic rings. The minimum atomic E-state index is -3.79. The largest absolute Gasteiger partial charge is 0.357 e. The average molecular weight is 579 g/mol. The van der Waals surface area contributed by atoms with Crippen LogP contribution in [0.25, 0.3) is 0 Å². The van der Waals surface area contributed by atoms with E-state index in [0.717, 1.165) is 20.6 Å². The molecule has 2 amide bonds. The smallest absolute Gasteiger partial charge is 0.244 e. The number of benzene rings is 2. The number of carbonyl (C=O) groups excluding carboxylic acids is 2.